The van der Waals surface area contributed by atoms with Gasteiger partial charge in [0.2, 0.25) is 5.91 Å². The number of hydrogen-bond donors (Lipinski definition) is 1. The highest BCUT2D eigenvalue weighted by Crippen LogP contribution is 2.38. The highest BCUT2D eigenvalue weighted by atomic mass is 79.9. The summed E-state index contributed by atoms with van der Waals surface area (Å²) in [5, 5.41) is 3.15. The molecule has 1 amide bonds. The average Bonchev–Trinajstić information content (AvgIpc) is 3.20. The quantitative estimate of drug-likeness (QED) is 0.844. The van der Waals surface area contributed by atoms with Crippen LogP contribution in [0.1, 0.15) is 38.4 Å². The van der Waals surface area contributed by atoms with Crippen molar-refractivity contribution in [2.24, 2.45) is 0 Å². The Morgan fingerprint density at radius 3 is 2.84 bits per heavy atom. The molecule has 2 rings (SSSR count). The molecule has 0 radical (unpaired) electrons. The van der Waals surface area contributed by atoms with Crippen molar-refractivity contribution in [2.75, 3.05) is 18.9 Å². The Morgan fingerprint density at radius 1 is 1.58 bits per heavy atom. The van der Waals surface area contributed by atoms with Crippen molar-refractivity contribution in [2.45, 2.75) is 38.6 Å². The van der Waals surface area contributed by atoms with Crippen LogP contribution in [0.2, 0.25) is 0 Å². The van der Waals surface area contributed by atoms with Gasteiger partial charge in [-0.25, -0.2) is 9.97 Å². The molecule has 1 unspecified atom stereocenters. The Morgan fingerprint density at radius 2 is 2.26 bits per heavy atom. The molecule has 0 bridgehead atoms. The molecule has 1 aliphatic rings. The number of halogens is 1. The highest BCUT2D eigenvalue weighted by molar-refractivity contribution is 9.10. The number of carbonyl (C=O) groups is 1. The summed E-state index contributed by atoms with van der Waals surface area (Å²) in [6, 6.07) is 1.51. The SMILES string of the molecule is CCN(C)C(=O)C(C)Nc1cc(Br)nc(C2CC2)n1. The smallest absolute Gasteiger partial charge is 0.244 e. The molecule has 1 saturated carbocycles. The number of anilines is 1. The van der Waals surface area contributed by atoms with E-state index in [1.54, 1.807) is 11.9 Å². The van der Waals surface area contributed by atoms with Crippen molar-refractivity contribution in [1.29, 1.82) is 0 Å². The van der Waals surface area contributed by atoms with E-state index in [-0.39, 0.29) is 11.9 Å². The van der Waals surface area contributed by atoms with Crippen molar-refractivity contribution in [1.82, 2.24) is 14.9 Å². The van der Waals surface area contributed by atoms with Crippen molar-refractivity contribution in [3.63, 3.8) is 0 Å². The van der Waals surface area contributed by atoms with E-state index in [1.807, 2.05) is 19.9 Å². The molecule has 0 aromatic carbocycles. The number of rotatable bonds is 5. The second-order valence-electron chi connectivity index (χ2n) is 4.93. The van der Waals surface area contributed by atoms with Gasteiger partial charge in [0, 0.05) is 25.6 Å². The van der Waals surface area contributed by atoms with Crippen LogP contribution in [0.25, 0.3) is 0 Å². The molecule has 1 aromatic rings. The third-order valence-corrected chi connectivity index (χ3v) is 3.65. The maximum absolute atomic E-state index is 12.0. The number of nitrogens with one attached hydrogen (secondary N) is 1. The summed E-state index contributed by atoms with van der Waals surface area (Å²) in [6.45, 7) is 4.50. The van der Waals surface area contributed by atoms with Crippen LogP contribution in [0, 0.1) is 0 Å². The molecule has 1 aromatic heterocycles. The minimum atomic E-state index is -0.293. The van der Waals surface area contributed by atoms with Gasteiger partial charge >= 0.3 is 0 Å². The van der Waals surface area contributed by atoms with E-state index in [0.29, 0.717) is 18.3 Å². The van der Waals surface area contributed by atoms with Crippen LogP contribution in [0.15, 0.2) is 10.7 Å². The van der Waals surface area contributed by atoms with Gasteiger partial charge in [-0.3, -0.25) is 4.79 Å². The van der Waals surface area contributed by atoms with Gasteiger partial charge in [0.25, 0.3) is 0 Å². The summed E-state index contributed by atoms with van der Waals surface area (Å²) in [5.41, 5.74) is 0. The zero-order valence-electron chi connectivity index (χ0n) is 11.5. The van der Waals surface area contributed by atoms with Gasteiger partial charge in [-0.2, -0.15) is 0 Å². The maximum atomic E-state index is 12.0. The fourth-order valence-electron chi connectivity index (χ4n) is 1.80. The molecule has 1 atom stereocenters. The van der Waals surface area contributed by atoms with E-state index in [4.69, 9.17) is 0 Å². The van der Waals surface area contributed by atoms with Gasteiger partial charge in [0.1, 0.15) is 22.3 Å². The third-order valence-electron chi connectivity index (χ3n) is 3.24. The van der Waals surface area contributed by atoms with Gasteiger partial charge < -0.3 is 10.2 Å². The number of nitrogens with zero attached hydrogens (tertiary/aromatic N) is 3. The third kappa shape index (κ3) is 3.65. The summed E-state index contributed by atoms with van der Waals surface area (Å²) in [5.74, 6) is 2.11. The fourth-order valence-corrected chi connectivity index (χ4v) is 2.20. The van der Waals surface area contributed by atoms with Crippen LogP contribution in [0.3, 0.4) is 0 Å². The van der Waals surface area contributed by atoms with Gasteiger partial charge in [0.15, 0.2) is 0 Å². The van der Waals surface area contributed by atoms with Crippen LogP contribution in [-0.2, 0) is 4.79 Å². The average molecular weight is 327 g/mol. The molecule has 19 heavy (non-hydrogen) atoms. The highest BCUT2D eigenvalue weighted by Gasteiger charge is 2.27. The number of carbonyl (C=O) groups excluding carboxylic acids is 1. The number of hydrogen-bond acceptors (Lipinski definition) is 4. The van der Waals surface area contributed by atoms with Crippen molar-refractivity contribution in [3.05, 3.63) is 16.5 Å². The molecular weight excluding hydrogens is 308 g/mol. The van der Waals surface area contributed by atoms with E-state index < -0.39 is 0 Å². The second-order valence-corrected chi connectivity index (χ2v) is 5.74. The normalized spacial score (nSPS) is 16.0. The summed E-state index contributed by atoms with van der Waals surface area (Å²) in [4.78, 5) is 22.5. The van der Waals surface area contributed by atoms with Crippen LogP contribution < -0.4 is 5.32 Å². The van der Waals surface area contributed by atoms with E-state index in [9.17, 15) is 4.79 Å². The van der Waals surface area contributed by atoms with Crippen LogP contribution in [-0.4, -0.2) is 40.4 Å². The lowest BCUT2D eigenvalue weighted by molar-refractivity contribution is -0.130. The summed E-state index contributed by atoms with van der Waals surface area (Å²) >= 11 is 3.39. The second kappa shape index (κ2) is 5.86. The van der Waals surface area contributed by atoms with Crippen molar-refractivity contribution >= 4 is 27.7 Å². The predicted octanol–water partition coefficient (Wildman–Crippen LogP) is 2.40. The Labute approximate surface area is 121 Å². The number of amides is 1. The lowest BCUT2D eigenvalue weighted by Gasteiger charge is -2.21. The van der Waals surface area contributed by atoms with Gasteiger partial charge in [-0.1, -0.05) is 0 Å². The summed E-state index contributed by atoms with van der Waals surface area (Å²) in [6.07, 6.45) is 2.31. The molecule has 1 aliphatic carbocycles. The first-order chi connectivity index (χ1) is 9.01. The molecule has 0 saturated heterocycles. The minimum absolute atomic E-state index is 0.0604. The zero-order chi connectivity index (χ0) is 14.0. The molecule has 104 valence electrons. The predicted molar refractivity (Wildman–Crippen MR) is 78.1 cm³/mol. The molecule has 0 aliphatic heterocycles. The molecule has 0 spiro atoms. The van der Waals surface area contributed by atoms with E-state index in [0.717, 1.165) is 23.3 Å². The van der Waals surface area contributed by atoms with E-state index in [2.05, 4.69) is 31.2 Å². The maximum Gasteiger partial charge on any atom is 0.244 e. The molecule has 1 fully saturated rings. The van der Waals surface area contributed by atoms with E-state index >= 15 is 0 Å². The van der Waals surface area contributed by atoms with Crippen LogP contribution in [0.5, 0.6) is 0 Å². The Bertz CT molecular complexity index is 476. The Kier molecular flexibility index (Phi) is 4.39. The standard InChI is InChI=1S/C13H19BrN4O/c1-4-18(3)13(19)8(2)15-11-7-10(14)16-12(17-11)9-5-6-9/h7-9H,4-6H2,1-3H3,(H,15,16,17). The molecule has 1 heterocycles. The van der Waals surface area contributed by atoms with Crippen LogP contribution in [0.4, 0.5) is 5.82 Å². The molecular formula is C13H19BrN4O. The minimum Gasteiger partial charge on any atom is -0.358 e. The van der Waals surface area contributed by atoms with E-state index in [1.165, 1.54) is 0 Å². The first-order valence-corrected chi connectivity index (χ1v) is 7.36. The first kappa shape index (κ1) is 14.2. The molecule has 1 N–H and O–H groups in total. The topological polar surface area (TPSA) is 58.1 Å². The van der Waals surface area contributed by atoms with Gasteiger partial charge in [0.05, 0.1) is 0 Å². The zero-order valence-corrected chi connectivity index (χ0v) is 13.1. The Balaban J connectivity index is 2.07. The molecule has 5 nitrogen and oxygen atoms in total. The summed E-state index contributed by atoms with van der Waals surface area (Å²) < 4.78 is 0.760. The monoisotopic (exact) mass is 326 g/mol. The van der Waals surface area contributed by atoms with Gasteiger partial charge in [-0.05, 0) is 42.6 Å². The number of likely N-dealkylation sites (N-methyl/N-ethyl adjacent to an activating group) is 1. The van der Waals surface area contributed by atoms with Gasteiger partial charge in [-0.15, -0.1) is 0 Å². The lowest BCUT2D eigenvalue weighted by Crippen LogP contribution is -2.39. The first-order valence-electron chi connectivity index (χ1n) is 6.57. The van der Waals surface area contributed by atoms with Crippen molar-refractivity contribution in [3.8, 4) is 0 Å². The molecule has 6 heteroatoms. The largest absolute Gasteiger partial charge is 0.358 e. The van der Waals surface area contributed by atoms with Crippen LogP contribution >= 0.6 is 15.9 Å². The lowest BCUT2D eigenvalue weighted by atomic mass is 10.3. The van der Waals surface area contributed by atoms with Crippen molar-refractivity contribution < 1.29 is 4.79 Å². The fraction of sp³-hybridized carbons (Fsp3) is 0.615. The summed E-state index contributed by atoms with van der Waals surface area (Å²) in [7, 11) is 1.80. The number of aromatic nitrogens is 2. The Hall–Kier alpha value is -1.17.